The molecule has 0 spiro atoms. The molecule has 0 bridgehead atoms. The molecule has 138 valence electrons. The first-order valence-corrected chi connectivity index (χ1v) is 8.73. The molecular weight excluding hydrogens is 334 g/mol. The highest BCUT2D eigenvalue weighted by molar-refractivity contribution is 6.30. The van der Waals surface area contributed by atoms with E-state index < -0.39 is 5.97 Å². The smallest absolute Gasteiger partial charge is 0.338 e. The highest BCUT2D eigenvalue weighted by Crippen LogP contribution is 2.43. The molecule has 2 amide bonds. The van der Waals surface area contributed by atoms with Crippen LogP contribution in [0.2, 0.25) is 0 Å². The maximum absolute atomic E-state index is 12.2. The highest BCUT2D eigenvalue weighted by atomic mass is 16.5. The summed E-state index contributed by atoms with van der Waals surface area (Å²) >= 11 is 0. The van der Waals surface area contributed by atoms with E-state index in [9.17, 15) is 14.4 Å². The number of ether oxygens (including phenoxy) is 2. The molecule has 6 nitrogen and oxygen atoms in total. The van der Waals surface area contributed by atoms with Gasteiger partial charge in [-0.25, -0.2) is 9.69 Å². The number of carbonyl (C=O) groups excluding carboxylic acids is 3. The SMILES string of the molecule is CC1=CC(=O)N(c2ccc(C(=O)OCCC3(C)C(C)OC3C)cc2)C1=O. The number of carbonyl (C=O) groups is 3. The average molecular weight is 357 g/mol. The highest BCUT2D eigenvalue weighted by Gasteiger charge is 2.47. The number of hydrogen-bond acceptors (Lipinski definition) is 5. The van der Waals surface area contributed by atoms with E-state index in [0.29, 0.717) is 23.4 Å². The summed E-state index contributed by atoms with van der Waals surface area (Å²) in [6.45, 7) is 8.10. The Morgan fingerprint density at radius 3 is 2.31 bits per heavy atom. The Hall–Kier alpha value is -2.47. The van der Waals surface area contributed by atoms with Crippen molar-refractivity contribution in [3.63, 3.8) is 0 Å². The zero-order valence-electron chi connectivity index (χ0n) is 15.4. The summed E-state index contributed by atoms with van der Waals surface area (Å²) in [5.41, 5.74) is 1.24. The molecule has 0 aliphatic carbocycles. The van der Waals surface area contributed by atoms with Crippen molar-refractivity contribution >= 4 is 23.5 Å². The number of benzene rings is 1. The van der Waals surface area contributed by atoms with Crippen molar-refractivity contribution in [3.05, 3.63) is 41.5 Å². The number of imide groups is 1. The molecule has 0 saturated carbocycles. The summed E-state index contributed by atoms with van der Waals surface area (Å²) < 4.78 is 10.9. The summed E-state index contributed by atoms with van der Waals surface area (Å²) in [5.74, 6) is -1.14. The van der Waals surface area contributed by atoms with E-state index in [1.807, 2.05) is 13.8 Å². The zero-order valence-corrected chi connectivity index (χ0v) is 15.4. The summed E-state index contributed by atoms with van der Waals surface area (Å²) in [5, 5.41) is 0. The van der Waals surface area contributed by atoms with Gasteiger partial charge in [0.1, 0.15) is 0 Å². The number of rotatable bonds is 5. The Bertz CT molecular complexity index is 772. The van der Waals surface area contributed by atoms with Crippen molar-refractivity contribution in [2.45, 2.75) is 46.3 Å². The second kappa shape index (κ2) is 6.68. The quantitative estimate of drug-likeness (QED) is 0.598. The number of anilines is 1. The van der Waals surface area contributed by atoms with Crippen LogP contribution in [-0.2, 0) is 19.1 Å². The normalized spacial score (nSPS) is 28.0. The Morgan fingerprint density at radius 2 is 1.81 bits per heavy atom. The molecule has 0 aromatic heterocycles. The van der Waals surface area contributed by atoms with E-state index >= 15 is 0 Å². The van der Waals surface area contributed by atoms with Crippen LogP contribution in [0.15, 0.2) is 35.9 Å². The van der Waals surface area contributed by atoms with Gasteiger partial charge in [-0.3, -0.25) is 9.59 Å². The Kier molecular flexibility index (Phi) is 4.71. The van der Waals surface area contributed by atoms with Crippen LogP contribution < -0.4 is 4.90 Å². The summed E-state index contributed by atoms with van der Waals surface area (Å²) in [6.07, 6.45) is 2.35. The molecule has 2 atom stereocenters. The topological polar surface area (TPSA) is 72.9 Å². The van der Waals surface area contributed by atoms with Gasteiger partial charge in [-0.15, -0.1) is 0 Å². The minimum atomic E-state index is -0.422. The van der Waals surface area contributed by atoms with Crippen molar-refractivity contribution in [2.75, 3.05) is 11.5 Å². The number of esters is 1. The van der Waals surface area contributed by atoms with E-state index in [-0.39, 0.29) is 29.4 Å². The second-order valence-electron chi connectivity index (χ2n) is 7.17. The molecule has 1 saturated heterocycles. The van der Waals surface area contributed by atoms with E-state index in [4.69, 9.17) is 9.47 Å². The fraction of sp³-hybridized carbons (Fsp3) is 0.450. The van der Waals surface area contributed by atoms with E-state index in [1.54, 1.807) is 31.2 Å². The lowest BCUT2D eigenvalue weighted by molar-refractivity contribution is -0.231. The van der Waals surface area contributed by atoms with Crippen LogP contribution in [0.1, 0.15) is 44.5 Å². The maximum atomic E-state index is 12.2. The molecule has 0 radical (unpaired) electrons. The fourth-order valence-corrected chi connectivity index (χ4v) is 3.31. The molecular formula is C20H23NO5. The molecule has 26 heavy (non-hydrogen) atoms. The third kappa shape index (κ3) is 3.05. The first-order chi connectivity index (χ1) is 12.2. The second-order valence-corrected chi connectivity index (χ2v) is 7.17. The average Bonchev–Trinajstić information content (AvgIpc) is 2.87. The molecule has 2 heterocycles. The number of hydrogen-bond donors (Lipinski definition) is 0. The Morgan fingerprint density at radius 1 is 1.19 bits per heavy atom. The third-order valence-electron chi connectivity index (χ3n) is 5.60. The Labute approximate surface area is 152 Å². The molecule has 2 aliphatic rings. The third-order valence-corrected chi connectivity index (χ3v) is 5.60. The van der Waals surface area contributed by atoms with Crippen molar-refractivity contribution in [1.82, 2.24) is 0 Å². The molecule has 6 heteroatoms. The van der Waals surface area contributed by atoms with Gasteiger partial charge < -0.3 is 9.47 Å². The van der Waals surface area contributed by atoms with Gasteiger partial charge in [0.05, 0.1) is 30.1 Å². The molecule has 2 unspecified atom stereocenters. The van der Waals surface area contributed by atoms with Crippen LogP contribution in [0.4, 0.5) is 5.69 Å². The van der Waals surface area contributed by atoms with Crippen LogP contribution in [-0.4, -0.2) is 36.6 Å². The van der Waals surface area contributed by atoms with E-state index in [1.165, 1.54) is 6.08 Å². The predicted octanol–water partition coefficient (Wildman–Crippen LogP) is 2.87. The molecule has 3 rings (SSSR count). The van der Waals surface area contributed by atoms with Gasteiger partial charge in [-0.05, 0) is 51.5 Å². The van der Waals surface area contributed by atoms with Crippen LogP contribution in [0.25, 0.3) is 0 Å². The number of nitrogens with zero attached hydrogens (tertiary/aromatic N) is 1. The summed E-state index contributed by atoms with van der Waals surface area (Å²) in [4.78, 5) is 37.1. The van der Waals surface area contributed by atoms with Crippen molar-refractivity contribution in [3.8, 4) is 0 Å². The van der Waals surface area contributed by atoms with Gasteiger partial charge in [-0.1, -0.05) is 6.92 Å². The fourth-order valence-electron chi connectivity index (χ4n) is 3.31. The standard InChI is InChI=1S/C20H23NO5/c1-12-11-17(22)21(18(12)23)16-7-5-15(6-8-16)19(24)25-10-9-20(4)13(2)26-14(20)3/h5-8,11,13-14H,9-10H2,1-4H3. The lowest BCUT2D eigenvalue weighted by Gasteiger charge is -2.51. The molecule has 0 N–H and O–H groups in total. The van der Waals surface area contributed by atoms with Crippen molar-refractivity contribution < 1.29 is 23.9 Å². The van der Waals surface area contributed by atoms with Crippen molar-refractivity contribution in [1.29, 1.82) is 0 Å². The number of amides is 2. The monoisotopic (exact) mass is 357 g/mol. The molecule has 2 aliphatic heterocycles. The summed E-state index contributed by atoms with van der Waals surface area (Å²) in [7, 11) is 0. The van der Waals surface area contributed by atoms with Crippen LogP contribution in [0.5, 0.6) is 0 Å². The lowest BCUT2D eigenvalue weighted by Crippen LogP contribution is -2.55. The van der Waals surface area contributed by atoms with Gasteiger partial charge in [0.2, 0.25) is 0 Å². The summed E-state index contributed by atoms with van der Waals surface area (Å²) in [6, 6.07) is 6.27. The first-order valence-electron chi connectivity index (χ1n) is 8.73. The van der Waals surface area contributed by atoms with Gasteiger partial charge in [0.25, 0.3) is 11.8 Å². The zero-order chi connectivity index (χ0) is 19.1. The van der Waals surface area contributed by atoms with Crippen LogP contribution in [0.3, 0.4) is 0 Å². The molecule has 1 aromatic rings. The Balaban J connectivity index is 1.58. The van der Waals surface area contributed by atoms with Crippen LogP contribution >= 0.6 is 0 Å². The predicted molar refractivity (Wildman–Crippen MR) is 95.7 cm³/mol. The molecule has 1 fully saturated rings. The van der Waals surface area contributed by atoms with Gasteiger partial charge in [0, 0.05) is 17.1 Å². The van der Waals surface area contributed by atoms with Gasteiger partial charge >= 0.3 is 5.97 Å². The van der Waals surface area contributed by atoms with E-state index in [0.717, 1.165) is 11.3 Å². The van der Waals surface area contributed by atoms with Crippen LogP contribution in [0, 0.1) is 5.41 Å². The molecule has 1 aromatic carbocycles. The maximum Gasteiger partial charge on any atom is 0.338 e. The lowest BCUT2D eigenvalue weighted by atomic mass is 9.72. The first kappa shape index (κ1) is 18.3. The minimum absolute atomic E-state index is 0.0193. The van der Waals surface area contributed by atoms with Crippen molar-refractivity contribution in [2.24, 2.45) is 5.41 Å². The van der Waals surface area contributed by atoms with Gasteiger partial charge in [0.15, 0.2) is 0 Å². The van der Waals surface area contributed by atoms with Gasteiger partial charge in [-0.2, -0.15) is 0 Å². The van der Waals surface area contributed by atoms with E-state index in [2.05, 4.69) is 6.92 Å². The largest absolute Gasteiger partial charge is 0.462 e. The minimum Gasteiger partial charge on any atom is -0.462 e.